The number of carbonyl (C=O) groups is 1. The van der Waals surface area contributed by atoms with Gasteiger partial charge in [0.05, 0.1) is 19.3 Å². The molecule has 0 amide bonds. The minimum Gasteiger partial charge on any atom is -0.463 e. The maximum absolute atomic E-state index is 11.3. The highest BCUT2D eigenvalue weighted by Gasteiger charge is 2.29. The average Bonchev–Trinajstić information content (AvgIpc) is 2.75. The fraction of sp³-hybridized carbons (Fsp3) is 0.545. The van der Waals surface area contributed by atoms with Crippen molar-refractivity contribution < 1.29 is 14.3 Å². The van der Waals surface area contributed by atoms with Crippen LogP contribution < -0.4 is 5.32 Å². The number of esters is 1. The van der Waals surface area contributed by atoms with Crippen LogP contribution in [0.3, 0.4) is 0 Å². The topological polar surface area (TPSA) is 73.3 Å². The number of nitrogens with zero attached hydrogens (tertiary/aromatic N) is 2. The first kappa shape index (κ1) is 11.8. The summed E-state index contributed by atoms with van der Waals surface area (Å²) in [6.07, 6.45) is 2.44. The Morgan fingerprint density at radius 2 is 2.47 bits per heavy atom. The van der Waals surface area contributed by atoms with E-state index < -0.39 is 5.97 Å². The summed E-state index contributed by atoms with van der Waals surface area (Å²) in [5.74, 6) is 0.120. The van der Waals surface area contributed by atoms with E-state index in [1.165, 1.54) is 13.3 Å². The minimum absolute atomic E-state index is 0.0556. The summed E-state index contributed by atoms with van der Waals surface area (Å²) in [4.78, 5) is 19.2. The molecule has 1 aliphatic heterocycles. The third kappa shape index (κ3) is 2.71. The van der Waals surface area contributed by atoms with Gasteiger partial charge >= 0.3 is 5.97 Å². The van der Waals surface area contributed by atoms with Crippen LogP contribution in [-0.4, -0.2) is 41.8 Å². The van der Waals surface area contributed by atoms with Crippen LogP contribution in [-0.2, 0) is 9.47 Å². The Labute approximate surface area is 99.4 Å². The molecule has 1 N–H and O–H groups in total. The highest BCUT2D eigenvalue weighted by atomic mass is 16.5. The molecular formula is C11H15N3O3. The van der Waals surface area contributed by atoms with Crippen LogP contribution in [0.2, 0.25) is 0 Å². The molecule has 2 rings (SSSR count). The van der Waals surface area contributed by atoms with Gasteiger partial charge in [-0.3, -0.25) is 0 Å². The second-order valence-corrected chi connectivity index (χ2v) is 4.25. The normalized spacial score (nSPS) is 23.4. The summed E-state index contributed by atoms with van der Waals surface area (Å²) in [6, 6.07) is 1.72. The lowest BCUT2D eigenvalue weighted by Gasteiger charge is -2.24. The average molecular weight is 237 g/mol. The van der Waals surface area contributed by atoms with Gasteiger partial charge in [-0.25, -0.2) is 14.8 Å². The van der Waals surface area contributed by atoms with Crippen LogP contribution in [0.1, 0.15) is 24.0 Å². The molecule has 0 saturated carbocycles. The smallest absolute Gasteiger partial charge is 0.376 e. The Hall–Kier alpha value is -1.69. The monoisotopic (exact) mass is 237 g/mol. The Morgan fingerprint density at radius 3 is 3.12 bits per heavy atom. The van der Waals surface area contributed by atoms with E-state index in [4.69, 9.17) is 4.74 Å². The molecule has 1 aromatic heterocycles. The molecule has 17 heavy (non-hydrogen) atoms. The number of hydrogen-bond acceptors (Lipinski definition) is 6. The predicted octanol–water partition coefficient (Wildman–Crippen LogP) is 0.854. The number of aromatic nitrogens is 2. The number of ether oxygens (including phenoxy) is 2. The van der Waals surface area contributed by atoms with E-state index >= 15 is 0 Å². The van der Waals surface area contributed by atoms with E-state index in [0.29, 0.717) is 12.4 Å². The molecule has 0 aromatic carbocycles. The third-order valence-electron chi connectivity index (χ3n) is 2.67. The van der Waals surface area contributed by atoms with Crippen molar-refractivity contribution in [2.24, 2.45) is 0 Å². The van der Waals surface area contributed by atoms with Gasteiger partial charge in [-0.1, -0.05) is 0 Å². The molecule has 1 saturated heterocycles. The van der Waals surface area contributed by atoms with Crippen molar-refractivity contribution in [3.63, 3.8) is 0 Å². The van der Waals surface area contributed by atoms with Gasteiger partial charge in [0.15, 0.2) is 0 Å². The van der Waals surface area contributed by atoms with E-state index in [0.717, 1.165) is 13.0 Å². The van der Waals surface area contributed by atoms with Crippen LogP contribution in [0, 0.1) is 0 Å². The van der Waals surface area contributed by atoms with Crippen molar-refractivity contribution in [2.75, 3.05) is 25.6 Å². The molecule has 6 heteroatoms. The van der Waals surface area contributed by atoms with Gasteiger partial charge < -0.3 is 14.8 Å². The van der Waals surface area contributed by atoms with Gasteiger partial charge in [0.25, 0.3) is 0 Å². The van der Waals surface area contributed by atoms with E-state index in [1.807, 2.05) is 0 Å². The predicted molar refractivity (Wildman–Crippen MR) is 60.8 cm³/mol. The molecule has 1 fully saturated rings. The molecule has 6 nitrogen and oxygen atoms in total. The van der Waals surface area contributed by atoms with Gasteiger partial charge in [0.1, 0.15) is 5.82 Å². The summed E-state index contributed by atoms with van der Waals surface area (Å²) < 4.78 is 9.90. The second kappa shape index (κ2) is 4.67. The molecule has 2 heterocycles. The second-order valence-electron chi connectivity index (χ2n) is 4.25. The van der Waals surface area contributed by atoms with Crippen molar-refractivity contribution in [3.05, 3.63) is 18.1 Å². The summed E-state index contributed by atoms with van der Waals surface area (Å²) in [5, 5.41) is 3.25. The zero-order valence-corrected chi connectivity index (χ0v) is 9.90. The summed E-state index contributed by atoms with van der Waals surface area (Å²) in [6.45, 7) is 3.42. The van der Waals surface area contributed by atoms with Gasteiger partial charge in [-0.2, -0.15) is 0 Å². The standard InChI is InChI=1S/C11H15N3O3/c1-11(4-6-17-7-11)14-8-3-5-12-9(13-8)10(15)16-2/h3,5H,4,6-7H2,1-2H3,(H,12,13,14). The van der Waals surface area contributed by atoms with Crippen LogP contribution in [0.15, 0.2) is 12.3 Å². The Kier molecular flexibility index (Phi) is 3.23. The number of rotatable bonds is 3. The zero-order valence-electron chi connectivity index (χ0n) is 9.90. The Balaban J connectivity index is 2.13. The van der Waals surface area contributed by atoms with Gasteiger partial charge in [-0.05, 0) is 19.4 Å². The first-order chi connectivity index (χ1) is 8.13. The molecular weight excluding hydrogens is 222 g/mol. The number of carbonyl (C=O) groups excluding carboxylic acids is 1. The number of hydrogen-bond donors (Lipinski definition) is 1. The highest BCUT2D eigenvalue weighted by Crippen LogP contribution is 2.22. The molecule has 92 valence electrons. The molecule has 1 aromatic rings. The molecule has 0 aliphatic carbocycles. The van der Waals surface area contributed by atoms with Crippen molar-refractivity contribution in [1.82, 2.24) is 9.97 Å². The fourth-order valence-electron chi connectivity index (χ4n) is 1.69. The Bertz CT molecular complexity index is 416. The van der Waals surface area contributed by atoms with E-state index in [2.05, 4.69) is 26.9 Å². The van der Waals surface area contributed by atoms with Crippen molar-refractivity contribution in [3.8, 4) is 0 Å². The maximum atomic E-state index is 11.3. The van der Waals surface area contributed by atoms with Crippen molar-refractivity contribution >= 4 is 11.8 Å². The summed E-state index contributed by atoms with van der Waals surface area (Å²) in [7, 11) is 1.30. The summed E-state index contributed by atoms with van der Waals surface area (Å²) in [5.41, 5.74) is -0.137. The third-order valence-corrected chi connectivity index (χ3v) is 2.67. The number of methoxy groups -OCH3 is 1. The first-order valence-electron chi connectivity index (χ1n) is 5.40. The fourth-order valence-corrected chi connectivity index (χ4v) is 1.69. The number of nitrogens with one attached hydrogen (secondary N) is 1. The van der Waals surface area contributed by atoms with Crippen LogP contribution >= 0.6 is 0 Å². The van der Waals surface area contributed by atoms with Crippen LogP contribution in [0.4, 0.5) is 5.82 Å². The largest absolute Gasteiger partial charge is 0.463 e. The SMILES string of the molecule is COC(=O)c1nccc(NC2(C)CCOC2)n1. The van der Waals surface area contributed by atoms with Gasteiger partial charge in [-0.15, -0.1) is 0 Å². The van der Waals surface area contributed by atoms with E-state index in [-0.39, 0.29) is 11.4 Å². The van der Waals surface area contributed by atoms with E-state index in [1.54, 1.807) is 6.07 Å². The quantitative estimate of drug-likeness (QED) is 0.786. The molecule has 0 spiro atoms. The zero-order chi connectivity index (χ0) is 12.3. The van der Waals surface area contributed by atoms with Crippen LogP contribution in [0.5, 0.6) is 0 Å². The maximum Gasteiger partial charge on any atom is 0.376 e. The lowest BCUT2D eigenvalue weighted by molar-refractivity contribution is 0.0587. The molecule has 1 unspecified atom stereocenters. The van der Waals surface area contributed by atoms with Gasteiger partial charge in [0, 0.05) is 12.8 Å². The highest BCUT2D eigenvalue weighted by molar-refractivity contribution is 5.85. The Morgan fingerprint density at radius 1 is 1.65 bits per heavy atom. The molecule has 0 bridgehead atoms. The van der Waals surface area contributed by atoms with E-state index in [9.17, 15) is 4.79 Å². The van der Waals surface area contributed by atoms with Crippen LogP contribution in [0.25, 0.3) is 0 Å². The van der Waals surface area contributed by atoms with Crippen molar-refractivity contribution in [1.29, 1.82) is 0 Å². The first-order valence-corrected chi connectivity index (χ1v) is 5.40. The lowest BCUT2D eigenvalue weighted by atomic mass is 10.0. The molecule has 0 radical (unpaired) electrons. The molecule has 1 atom stereocenters. The lowest BCUT2D eigenvalue weighted by Crippen LogP contribution is -2.35. The van der Waals surface area contributed by atoms with Gasteiger partial charge in [0.2, 0.25) is 5.82 Å². The summed E-state index contributed by atoms with van der Waals surface area (Å²) >= 11 is 0. The minimum atomic E-state index is -0.540. The number of anilines is 1. The van der Waals surface area contributed by atoms with Crippen molar-refractivity contribution in [2.45, 2.75) is 18.9 Å². The molecule has 1 aliphatic rings.